The number of hydrogen-bond donors (Lipinski definition) is 3. The summed E-state index contributed by atoms with van der Waals surface area (Å²) in [5.74, 6) is 2.58. The Morgan fingerprint density at radius 1 is 0.542 bits per heavy atom. The number of benzene rings is 4. The minimum absolute atomic E-state index is 0.116. The van der Waals surface area contributed by atoms with E-state index >= 15 is 0 Å². The van der Waals surface area contributed by atoms with E-state index in [1.165, 1.54) is 12.1 Å². The lowest BCUT2D eigenvalue weighted by Crippen LogP contribution is -2.43. The van der Waals surface area contributed by atoms with Gasteiger partial charge in [-0.15, -0.1) is 0 Å². The lowest BCUT2D eigenvalue weighted by molar-refractivity contribution is -0.126. The van der Waals surface area contributed by atoms with Crippen molar-refractivity contribution < 1.29 is 34.8 Å². The van der Waals surface area contributed by atoms with Crippen molar-refractivity contribution in [2.75, 3.05) is 92.3 Å². The predicted molar refractivity (Wildman–Crippen MR) is 325 cm³/mol. The fourth-order valence-electron chi connectivity index (χ4n) is 12.6. The average Bonchev–Trinajstić information content (AvgIpc) is 1.81. The van der Waals surface area contributed by atoms with Crippen LogP contribution in [0.15, 0.2) is 144 Å². The van der Waals surface area contributed by atoms with Gasteiger partial charge in [0.25, 0.3) is 20.0 Å². The van der Waals surface area contributed by atoms with Crippen molar-refractivity contribution in [2.45, 2.75) is 59.1 Å². The molecule has 0 bridgehead atoms. The monoisotopic (exact) mass is 1190 g/mol. The predicted octanol–water partition coefficient (Wildman–Crippen LogP) is 8.43. The summed E-state index contributed by atoms with van der Waals surface area (Å²) in [5.41, 5.74) is 8.15. The Morgan fingerprint density at radius 2 is 0.952 bits per heavy atom. The lowest BCUT2D eigenvalue weighted by Gasteiger charge is -2.37. The van der Waals surface area contributed by atoms with Crippen LogP contribution in [0.5, 0.6) is 0 Å². The maximum absolute atomic E-state index is 13.4. The van der Waals surface area contributed by atoms with E-state index in [9.17, 15) is 34.8 Å². The normalized spacial score (nSPS) is 18.8. The van der Waals surface area contributed by atoms with Gasteiger partial charge in [0, 0.05) is 129 Å². The summed E-state index contributed by atoms with van der Waals surface area (Å²) >= 11 is 0. The molecule has 2 aliphatic carbocycles. The summed E-state index contributed by atoms with van der Waals surface area (Å²) in [6, 6.07) is 31.8. The highest BCUT2D eigenvalue weighted by molar-refractivity contribution is 7.93. The maximum atomic E-state index is 13.4. The molecule has 2 saturated carbocycles. The first-order chi connectivity index (χ1) is 39.8. The number of pyridine rings is 4. The quantitative estimate of drug-likeness (QED) is 0.116. The van der Waals surface area contributed by atoms with Crippen molar-refractivity contribution in [1.82, 2.24) is 19.9 Å². The molecule has 8 heterocycles. The molecule has 2 spiro atoms. The summed E-state index contributed by atoms with van der Waals surface area (Å²) in [7, 11) is -7.72. The number of aromatic nitrogens is 4. The number of amides is 2. The van der Waals surface area contributed by atoms with Crippen molar-refractivity contribution in [2.24, 2.45) is 0 Å². The average molecular weight is 1190 g/mol. The number of carbonyl (C=O) groups excluding carboxylic acids is 2. The molecule has 0 radical (unpaired) electrons. The van der Waals surface area contributed by atoms with Crippen LogP contribution in [0.3, 0.4) is 0 Å². The molecule has 23 heteroatoms. The first-order valence-corrected chi connectivity index (χ1v) is 33.9. The van der Waals surface area contributed by atoms with Crippen molar-refractivity contribution >= 4 is 109 Å². The first kappa shape index (κ1) is 54.4. The van der Waals surface area contributed by atoms with Crippen LogP contribution in [0.4, 0.5) is 34.4 Å². The molecule has 83 heavy (non-hydrogen) atoms. The zero-order valence-corrected chi connectivity index (χ0v) is 48.8. The van der Waals surface area contributed by atoms with E-state index < -0.39 is 51.4 Å². The van der Waals surface area contributed by atoms with Gasteiger partial charge in [0.05, 0.1) is 66.8 Å². The molecular weight excluding hydrogens is 1130 g/mol. The second-order valence-corrected chi connectivity index (χ2v) is 29.7. The van der Waals surface area contributed by atoms with Crippen LogP contribution in [0.1, 0.15) is 49.7 Å². The molecular formula is C60H59N11O8S4. The Morgan fingerprint density at radius 3 is 1.35 bits per heavy atom. The molecule has 14 rings (SSSR count). The topological polar surface area (TPSA) is 249 Å². The minimum atomic E-state index is -3.93. The fourth-order valence-corrected chi connectivity index (χ4v) is 17.0. The molecule has 0 unspecified atom stereocenters. The molecule has 3 N–H and O–H groups in total. The lowest BCUT2D eigenvalue weighted by atomic mass is 9.64. The van der Waals surface area contributed by atoms with Crippen molar-refractivity contribution in [1.29, 1.82) is 4.78 Å². The minimum Gasteiger partial charge on any atom is -0.353 e. The highest BCUT2D eigenvalue weighted by Gasteiger charge is 2.55. The van der Waals surface area contributed by atoms with E-state index in [1.807, 2.05) is 59.3 Å². The number of sulfonamides is 2. The van der Waals surface area contributed by atoms with Gasteiger partial charge in [0.15, 0.2) is 11.6 Å². The van der Waals surface area contributed by atoms with Crippen molar-refractivity contribution in [3.8, 4) is 22.3 Å². The van der Waals surface area contributed by atoms with E-state index in [4.69, 9.17) is 14.7 Å². The molecule has 2 amide bonds. The van der Waals surface area contributed by atoms with E-state index in [0.717, 1.165) is 99.5 Å². The standard InChI is InChI=1S/C30H30N6O4S2.C30H29N5O4S2/c1-35-26-19-32-24-9-8-20(16-23(24)27(26)30(29(35)37)10-5-11-30)21-17-25(34-42(39,40)22-6-3-2-4-7-22)28(33-18-21)36-12-14-41(31,38)15-13-36;1-34-26-19-31-24-9-8-20(16-23(24)27(26)30(29(34)36)10-5-11-30)21-17-25(33-41(38,39)22-6-3-2-4-7-22)28(32-18-21)35-12-14-40(37)15-13-35/h2-4,6-9,16-19,31,34H,5,10-15H2,1H3;2-4,6-9,16-19,33H,5,10-15H2,1H3. The number of likely N-dealkylation sites (N-methyl/N-ethyl adjacent to an activating group) is 2. The fraction of sp³-hybridized carbons (Fsp3) is 0.300. The zero-order chi connectivity index (χ0) is 57.6. The number of carbonyl (C=O) groups is 2. The third-order valence-electron chi connectivity index (χ3n) is 17.4. The summed E-state index contributed by atoms with van der Waals surface area (Å²) in [6.45, 7) is 1.73. The molecule has 4 aliphatic heterocycles. The molecule has 6 aliphatic rings. The highest BCUT2D eigenvalue weighted by Crippen LogP contribution is 2.57. The van der Waals surface area contributed by atoms with Gasteiger partial charge in [-0.1, -0.05) is 61.4 Å². The van der Waals surface area contributed by atoms with Gasteiger partial charge in [0.1, 0.15) is 0 Å². The molecule has 8 aromatic rings. The van der Waals surface area contributed by atoms with Gasteiger partial charge in [-0.25, -0.2) is 31.0 Å². The Hall–Kier alpha value is -7.86. The smallest absolute Gasteiger partial charge is 0.262 e. The summed E-state index contributed by atoms with van der Waals surface area (Å²) in [6.07, 6.45) is 12.3. The maximum Gasteiger partial charge on any atom is 0.262 e. The number of rotatable bonds is 10. The Balaban J connectivity index is 0.000000155. The zero-order valence-electron chi connectivity index (χ0n) is 45.6. The van der Waals surface area contributed by atoms with Gasteiger partial charge >= 0.3 is 0 Å². The largest absolute Gasteiger partial charge is 0.353 e. The Bertz CT molecular complexity index is 4350. The molecule has 0 atom stereocenters. The SMILES string of the molecule is CN1C(=O)C2(CCC2)c2c1cnc1ccc(-c3cnc(N4CCS(=N)(=O)CC4)c(NS(=O)(=O)c4ccccc4)c3)cc21.CN1C(=O)C2(CCC2)c2c1cnc1ccc(-c3cnc(N4CCS(=O)CC4)c(NS(=O)(=O)c4ccccc4)c3)cc21. The van der Waals surface area contributed by atoms with E-state index in [0.29, 0.717) is 66.3 Å². The molecule has 4 aromatic heterocycles. The number of nitrogens with zero attached hydrogens (tertiary/aromatic N) is 8. The van der Waals surface area contributed by atoms with Crippen molar-refractivity contribution in [3.63, 3.8) is 0 Å². The number of fused-ring (bicyclic) bond motifs is 8. The van der Waals surface area contributed by atoms with Gasteiger partial charge in [-0.2, -0.15) is 0 Å². The summed E-state index contributed by atoms with van der Waals surface area (Å²) in [5, 5.41) is 1.85. The van der Waals surface area contributed by atoms with Crippen LogP contribution in [0, 0.1) is 4.78 Å². The van der Waals surface area contributed by atoms with Crippen molar-refractivity contribution in [3.05, 3.63) is 145 Å². The summed E-state index contributed by atoms with van der Waals surface area (Å²) < 4.78 is 91.3. The van der Waals surface area contributed by atoms with Crippen LogP contribution >= 0.6 is 0 Å². The van der Waals surface area contributed by atoms with Crippen LogP contribution in [-0.4, -0.2) is 120 Å². The number of nitrogens with one attached hydrogen (secondary N) is 3. The Labute approximate surface area is 484 Å². The third kappa shape index (κ3) is 9.44. The third-order valence-corrected chi connectivity index (χ3v) is 23.1. The van der Waals surface area contributed by atoms with Crippen LogP contribution in [0.2, 0.25) is 0 Å². The van der Waals surface area contributed by atoms with Gasteiger partial charge in [-0.3, -0.25) is 38.0 Å². The van der Waals surface area contributed by atoms with Gasteiger partial charge < -0.3 is 19.6 Å². The molecule has 4 aromatic carbocycles. The molecule has 4 fully saturated rings. The number of anilines is 6. The van der Waals surface area contributed by atoms with Crippen LogP contribution in [0.25, 0.3) is 44.1 Å². The van der Waals surface area contributed by atoms with Crippen LogP contribution in [-0.2, 0) is 61.0 Å². The number of hydrogen-bond acceptors (Lipinski definition) is 15. The highest BCUT2D eigenvalue weighted by atomic mass is 32.2. The first-order valence-electron chi connectivity index (χ1n) is 27.5. The van der Waals surface area contributed by atoms with Gasteiger partial charge in [0.2, 0.25) is 11.8 Å². The second-order valence-electron chi connectivity index (χ2n) is 22.2. The van der Waals surface area contributed by atoms with E-state index in [-0.39, 0.29) is 33.1 Å². The summed E-state index contributed by atoms with van der Waals surface area (Å²) in [4.78, 5) is 52.8. The molecule has 19 nitrogen and oxygen atoms in total. The molecule has 426 valence electrons. The van der Waals surface area contributed by atoms with E-state index in [2.05, 4.69) is 19.4 Å². The van der Waals surface area contributed by atoms with E-state index in [1.54, 1.807) is 96.2 Å². The molecule has 2 saturated heterocycles. The van der Waals surface area contributed by atoms with Gasteiger partial charge in [-0.05, 0) is 97.5 Å². The van der Waals surface area contributed by atoms with Crippen LogP contribution < -0.4 is 29.0 Å². The second kappa shape index (κ2) is 20.5. The Kier molecular flexibility index (Phi) is 13.4.